The molecule has 4 rings (SSSR count). The van der Waals surface area contributed by atoms with Crippen LogP contribution in [0.1, 0.15) is 67.4 Å². The van der Waals surface area contributed by atoms with E-state index >= 15 is 0 Å². The normalized spacial score (nSPS) is 18.3. The van der Waals surface area contributed by atoms with Gasteiger partial charge in [0.25, 0.3) is 0 Å². The van der Waals surface area contributed by atoms with E-state index in [0.717, 1.165) is 53.7 Å². The van der Waals surface area contributed by atoms with Crippen molar-refractivity contribution in [2.24, 2.45) is 0 Å². The van der Waals surface area contributed by atoms with Gasteiger partial charge in [-0.25, -0.2) is 0 Å². The van der Waals surface area contributed by atoms with E-state index in [1.807, 2.05) is 43.3 Å². The van der Waals surface area contributed by atoms with Crippen LogP contribution in [0.2, 0.25) is 5.02 Å². The Morgan fingerprint density at radius 2 is 1.79 bits per heavy atom. The number of unbranched alkanes of at least 4 members (excludes halogenated alkanes) is 2. The number of hydrogen-bond donors (Lipinski definition) is 1. The first-order valence-electron chi connectivity index (χ1n) is 15.4. The van der Waals surface area contributed by atoms with Gasteiger partial charge in [-0.2, -0.15) is 0 Å². The zero-order chi connectivity index (χ0) is 30.3. The number of hydrogen-bond acceptors (Lipinski definition) is 6. The van der Waals surface area contributed by atoms with Gasteiger partial charge in [-0.3, -0.25) is 0 Å². The zero-order valence-corrected chi connectivity index (χ0v) is 26.0. The number of benzene rings is 3. The lowest BCUT2D eigenvalue weighted by Gasteiger charge is -2.36. The lowest BCUT2D eigenvalue weighted by molar-refractivity contribution is -0.141. The molecule has 1 N–H and O–H groups in total. The molecule has 1 saturated heterocycles. The molecule has 3 atom stereocenters. The molecule has 3 aromatic carbocycles. The van der Waals surface area contributed by atoms with Gasteiger partial charge in [-0.05, 0) is 73.6 Å². The van der Waals surface area contributed by atoms with Crippen LogP contribution in [0.25, 0.3) is 0 Å². The van der Waals surface area contributed by atoms with Gasteiger partial charge in [0.2, 0.25) is 0 Å². The van der Waals surface area contributed by atoms with Crippen molar-refractivity contribution in [2.75, 3.05) is 33.0 Å². The molecular formula is C36H45ClO6. The molecule has 1 heterocycles. The molecule has 0 spiro atoms. The van der Waals surface area contributed by atoms with Crippen molar-refractivity contribution in [1.29, 1.82) is 0 Å². The number of ether oxygens (including phenoxy) is 5. The van der Waals surface area contributed by atoms with Gasteiger partial charge in [0.05, 0.1) is 38.1 Å². The lowest BCUT2D eigenvalue weighted by Crippen LogP contribution is -2.36. The maximum atomic E-state index is 9.05. The molecule has 7 heteroatoms. The Bertz CT molecular complexity index is 1230. The van der Waals surface area contributed by atoms with E-state index in [2.05, 4.69) is 36.9 Å². The van der Waals surface area contributed by atoms with Crippen molar-refractivity contribution in [1.82, 2.24) is 0 Å². The maximum absolute atomic E-state index is 9.05. The van der Waals surface area contributed by atoms with E-state index in [1.54, 1.807) is 6.08 Å². The highest BCUT2D eigenvalue weighted by atomic mass is 35.5. The Morgan fingerprint density at radius 1 is 0.977 bits per heavy atom. The van der Waals surface area contributed by atoms with Crippen molar-refractivity contribution in [3.63, 3.8) is 0 Å². The minimum Gasteiger partial charge on any atom is -0.494 e. The van der Waals surface area contributed by atoms with Gasteiger partial charge < -0.3 is 28.8 Å². The first-order valence-corrected chi connectivity index (χ1v) is 15.7. The second-order valence-corrected chi connectivity index (χ2v) is 11.2. The predicted octanol–water partition coefficient (Wildman–Crippen LogP) is 7.88. The molecule has 3 aromatic rings. The highest BCUT2D eigenvalue weighted by Crippen LogP contribution is 2.40. The van der Waals surface area contributed by atoms with E-state index in [4.69, 9.17) is 40.4 Å². The van der Waals surface area contributed by atoms with Crippen molar-refractivity contribution in [3.05, 3.63) is 107 Å². The Morgan fingerprint density at radius 3 is 2.53 bits per heavy atom. The number of aliphatic hydroxyl groups is 1. The molecule has 0 aromatic heterocycles. The molecule has 1 aliphatic heterocycles. The standard InChI is InChI=1S/C36H45ClO6/c1-3-18-41-35-24-34(37)29(20-27-13-15-30(16-14-27)40-4-2)21-33(35)36-23-31(42-25-28-11-7-5-8-12-28)22-32(43-36)26-39-19-10-6-9-17-38/h3,5,7-8,11-16,21,24,31-32,36,38H,1,4,6,9-10,17-20,22-23,25-26H2,2H3. The van der Waals surface area contributed by atoms with Crippen LogP contribution in [0.3, 0.4) is 0 Å². The average Bonchev–Trinajstić information content (AvgIpc) is 3.03. The van der Waals surface area contributed by atoms with Gasteiger partial charge in [0.15, 0.2) is 0 Å². The van der Waals surface area contributed by atoms with Crippen molar-refractivity contribution < 1.29 is 28.8 Å². The molecule has 6 nitrogen and oxygen atoms in total. The third-order valence-corrected chi connectivity index (χ3v) is 7.80. The molecule has 232 valence electrons. The Kier molecular flexibility index (Phi) is 13.9. The maximum Gasteiger partial charge on any atom is 0.127 e. The molecule has 0 amide bonds. The highest BCUT2D eigenvalue weighted by molar-refractivity contribution is 6.31. The van der Waals surface area contributed by atoms with Crippen LogP contribution in [0.15, 0.2) is 79.4 Å². The first-order chi connectivity index (χ1) is 21.1. The fourth-order valence-electron chi connectivity index (χ4n) is 5.28. The first kappa shape index (κ1) is 33.0. The minimum absolute atomic E-state index is 0.0144. The number of halogens is 1. The minimum atomic E-state index is -0.256. The van der Waals surface area contributed by atoms with Crippen LogP contribution in [-0.4, -0.2) is 50.3 Å². The van der Waals surface area contributed by atoms with E-state index < -0.39 is 0 Å². The molecular weight excluding hydrogens is 564 g/mol. The van der Waals surface area contributed by atoms with Gasteiger partial charge in [0.1, 0.15) is 18.1 Å². The molecule has 0 aliphatic carbocycles. The summed E-state index contributed by atoms with van der Waals surface area (Å²) < 4.78 is 30.9. The molecule has 1 fully saturated rings. The van der Waals surface area contributed by atoms with Crippen molar-refractivity contribution in [2.45, 2.75) is 70.4 Å². The molecule has 43 heavy (non-hydrogen) atoms. The van der Waals surface area contributed by atoms with Gasteiger partial charge in [-0.1, -0.05) is 66.7 Å². The summed E-state index contributed by atoms with van der Waals surface area (Å²) in [4.78, 5) is 0. The summed E-state index contributed by atoms with van der Waals surface area (Å²) in [5.41, 5.74) is 4.23. The van der Waals surface area contributed by atoms with Crippen LogP contribution < -0.4 is 9.47 Å². The highest BCUT2D eigenvalue weighted by Gasteiger charge is 2.33. The van der Waals surface area contributed by atoms with Crippen LogP contribution in [0.5, 0.6) is 11.5 Å². The fourth-order valence-corrected chi connectivity index (χ4v) is 5.50. The third kappa shape index (κ3) is 10.7. The zero-order valence-electron chi connectivity index (χ0n) is 25.2. The molecule has 1 aliphatic rings. The van der Waals surface area contributed by atoms with Crippen LogP contribution in [-0.2, 0) is 27.2 Å². The Labute approximate surface area is 261 Å². The van der Waals surface area contributed by atoms with E-state index in [9.17, 15) is 0 Å². The topological polar surface area (TPSA) is 66.4 Å². The fraction of sp³-hybridized carbons (Fsp3) is 0.444. The van der Waals surface area contributed by atoms with Crippen molar-refractivity contribution >= 4 is 11.6 Å². The second-order valence-electron chi connectivity index (χ2n) is 10.8. The monoisotopic (exact) mass is 608 g/mol. The molecule has 0 radical (unpaired) electrons. The van der Waals surface area contributed by atoms with Crippen LogP contribution in [0, 0.1) is 0 Å². The summed E-state index contributed by atoms with van der Waals surface area (Å²) >= 11 is 6.81. The third-order valence-electron chi connectivity index (χ3n) is 7.45. The molecule has 3 unspecified atom stereocenters. The van der Waals surface area contributed by atoms with E-state index in [-0.39, 0.29) is 24.9 Å². The summed E-state index contributed by atoms with van der Waals surface area (Å²) in [5.74, 6) is 1.54. The predicted molar refractivity (Wildman–Crippen MR) is 171 cm³/mol. The number of aliphatic hydroxyl groups excluding tert-OH is 1. The Balaban J connectivity index is 1.55. The summed E-state index contributed by atoms with van der Waals surface area (Å²) in [6, 6.07) is 22.4. The summed E-state index contributed by atoms with van der Waals surface area (Å²) in [6.45, 7) is 8.67. The smallest absolute Gasteiger partial charge is 0.127 e. The average molecular weight is 609 g/mol. The summed E-state index contributed by atoms with van der Waals surface area (Å²) in [6.07, 6.45) is 6.08. The Hall–Kier alpha value is -2.87. The summed E-state index contributed by atoms with van der Waals surface area (Å²) in [5, 5.41) is 9.69. The largest absolute Gasteiger partial charge is 0.494 e. The molecule has 0 bridgehead atoms. The second kappa shape index (κ2) is 18.1. The lowest BCUT2D eigenvalue weighted by atomic mass is 9.93. The SMILES string of the molecule is C=CCOc1cc(Cl)c(Cc2ccc(OCC)cc2)cc1C1CC(OCc2ccccc2)CC(COCCCCCO)O1. The van der Waals surface area contributed by atoms with Gasteiger partial charge >= 0.3 is 0 Å². The van der Waals surface area contributed by atoms with Crippen molar-refractivity contribution in [3.8, 4) is 11.5 Å². The van der Waals surface area contributed by atoms with Crippen LogP contribution >= 0.6 is 11.6 Å². The van der Waals surface area contributed by atoms with Gasteiger partial charge in [-0.15, -0.1) is 0 Å². The quantitative estimate of drug-likeness (QED) is 0.117. The van der Waals surface area contributed by atoms with Gasteiger partial charge in [0, 0.05) is 36.6 Å². The van der Waals surface area contributed by atoms with E-state index in [1.165, 1.54) is 0 Å². The van der Waals surface area contributed by atoms with Crippen LogP contribution in [0.4, 0.5) is 0 Å². The molecule has 0 saturated carbocycles. The van der Waals surface area contributed by atoms with E-state index in [0.29, 0.717) is 56.6 Å². The summed E-state index contributed by atoms with van der Waals surface area (Å²) in [7, 11) is 0. The number of rotatable bonds is 18.